The molecule has 0 aliphatic rings. The van der Waals surface area contributed by atoms with E-state index in [1.807, 2.05) is 0 Å². The van der Waals surface area contributed by atoms with Crippen LogP contribution in [0.5, 0.6) is 0 Å². The quantitative estimate of drug-likeness (QED) is 0.129. The number of aromatic amines is 5. The number of rotatable bonds is 4. The topological polar surface area (TPSA) is 78.9 Å². The van der Waals surface area contributed by atoms with Crippen LogP contribution in [-0.2, 0) is 0 Å². The van der Waals surface area contributed by atoms with Gasteiger partial charge in [0, 0.05) is 87.9 Å². The van der Waals surface area contributed by atoms with Crippen molar-refractivity contribution in [2.24, 2.45) is 0 Å². The summed E-state index contributed by atoms with van der Waals surface area (Å²) in [5.41, 5.74) is 15.9. The molecule has 230 valence electrons. The Morgan fingerprint density at radius 2 is 0.694 bits per heavy atom. The van der Waals surface area contributed by atoms with Crippen molar-refractivity contribution in [3.63, 3.8) is 0 Å². The highest BCUT2D eigenvalue weighted by atomic mass is 14.8. The lowest BCUT2D eigenvalue weighted by Crippen LogP contribution is -1.84. The van der Waals surface area contributed by atoms with E-state index in [1.165, 1.54) is 43.4 Å². The zero-order chi connectivity index (χ0) is 32.1. The molecule has 0 saturated heterocycles. The van der Waals surface area contributed by atoms with Gasteiger partial charge in [-0.1, -0.05) is 84.9 Å². The summed E-state index contributed by atoms with van der Waals surface area (Å²) in [7, 11) is 0. The Balaban J connectivity index is 1.11. The van der Waals surface area contributed by atoms with Gasteiger partial charge in [-0.15, -0.1) is 0 Å². The van der Waals surface area contributed by atoms with Crippen molar-refractivity contribution in [3.05, 3.63) is 146 Å². The van der Waals surface area contributed by atoms with E-state index in [9.17, 15) is 0 Å². The van der Waals surface area contributed by atoms with Gasteiger partial charge in [-0.2, -0.15) is 0 Å². The Morgan fingerprint density at radius 1 is 0.286 bits per heavy atom. The summed E-state index contributed by atoms with van der Waals surface area (Å²) in [6.45, 7) is 0. The van der Waals surface area contributed by atoms with Crippen LogP contribution >= 0.6 is 0 Å². The van der Waals surface area contributed by atoms with Crippen molar-refractivity contribution in [2.45, 2.75) is 0 Å². The van der Waals surface area contributed by atoms with E-state index in [4.69, 9.17) is 0 Å². The predicted molar refractivity (Wildman–Crippen MR) is 205 cm³/mol. The SMILES string of the molecule is c1ccc2[nH]c(-c3c(-c4ccc5[nH]c6ccc(-c7[nH]c8ccccc8c7-c7cc8ccccc8[nH]7)cc6c5c4)[nH]c4ccccc34)cc2c1. The third kappa shape index (κ3) is 3.93. The maximum absolute atomic E-state index is 3.78. The molecule has 5 N–H and O–H groups in total. The highest BCUT2D eigenvalue weighted by molar-refractivity contribution is 6.13. The lowest BCUT2D eigenvalue weighted by atomic mass is 9.99. The minimum absolute atomic E-state index is 1.11. The van der Waals surface area contributed by atoms with Crippen molar-refractivity contribution in [1.29, 1.82) is 0 Å². The zero-order valence-corrected chi connectivity index (χ0v) is 26.4. The fourth-order valence-electron chi connectivity index (χ4n) is 7.90. The Bertz CT molecular complexity index is 2790. The lowest BCUT2D eigenvalue weighted by molar-refractivity contribution is 1.42. The van der Waals surface area contributed by atoms with Crippen molar-refractivity contribution >= 4 is 65.4 Å². The minimum Gasteiger partial charge on any atom is -0.355 e. The van der Waals surface area contributed by atoms with E-state index >= 15 is 0 Å². The average molecular weight is 628 g/mol. The normalized spacial score (nSPS) is 12.1. The van der Waals surface area contributed by atoms with Gasteiger partial charge in [-0.25, -0.2) is 0 Å². The molecule has 0 atom stereocenters. The maximum Gasteiger partial charge on any atom is 0.0559 e. The van der Waals surface area contributed by atoms with E-state index in [2.05, 4.69) is 171 Å². The number of hydrogen-bond donors (Lipinski definition) is 5. The van der Waals surface area contributed by atoms with Crippen LogP contribution in [0.1, 0.15) is 0 Å². The molecule has 0 unspecified atom stereocenters. The second-order valence-electron chi connectivity index (χ2n) is 13.0. The van der Waals surface area contributed by atoms with Crippen LogP contribution in [0.4, 0.5) is 0 Å². The summed E-state index contributed by atoms with van der Waals surface area (Å²) in [5.74, 6) is 0. The Hall–Kier alpha value is -6.72. The summed E-state index contributed by atoms with van der Waals surface area (Å²) in [6, 6.07) is 52.1. The molecule has 0 radical (unpaired) electrons. The molecule has 5 heterocycles. The second kappa shape index (κ2) is 9.89. The van der Waals surface area contributed by atoms with Crippen molar-refractivity contribution in [2.75, 3.05) is 0 Å². The van der Waals surface area contributed by atoms with E-state index < -0.39 is 0 Å². The molecular weight excluding hydrogens is 599 g/mol. The second-order valence-corrected chi connectivity index (χ2v) is 13.0. The summed E-state index contributed by atoms with van der Waals surface area (Å²) < 4.78 is 0. The molecule has 5 heteroatoms. The fraction of sp³-hybridized carbons (Fsp3) is 0. The third-order valence-corrected chi connectivity index (χ3v) is 10.2. The first kappa shape index (κ1) is 26.4. The highest BCUT2D eigenvalue weighted by Gasteiger charge is 2.20. The van der Waals surface area contributed by atoms with Gasteiger partial charge < -0.3 is 24.9 Å². The van der Waals surface area contributed by atoms with Gasteiger partial charge in [-0.3, -0.25) is 0 Å². The number of aromatic nitrogens is 5. The zero-order valence-electron chi connectivity index (χ0n) is 26.4. The van der Waals surface area contributed by atoms with Crippen molar-refractivity contribution < 1.29 is 0 Å². The summed E-state index contributed by atoms with van der Waals surface area (Å²) in [5, 5.41) is 7.20. The van der Waals surface area contributed by atoms with Crippen molar-refractivity contribution in [1.82, 2.24) is 24.9 Å². The predicted octanol–water partition coefficient (Wildman–Crippen LogP) is 11.9. The van der Waals surface area contributed by atoms with Crippen LogP contribution in [0.3, 0.4) is 0 Å². The molecule has 0 fully saturated rings. The molecule has 49 heavy (non-hydrogen) atoms. The molecule has 0 aliphatic carbocycles. The molecular formula is C44H29N5. The van der Waals surface area contributed by atoms with Gasteiger partial charge in [0.15, 0.2) is 0 Å². The maximum atomic E-state index is 3.78. The largest absolute Gasteiger partial charge is 0.355 e. The Labute approximate surface area is 280 Å². The molecule has 0 amide bonds. The van der Waals surface area contributed by atoms with Crippen LogP contribution in [0.15, 0.2) is 146 Å². The fourth-order valence-corrected chi connectivity index (χ4v) is 7.90. The summed E-state index contributed by atoms with van der Waals surface area (Å²) in [4.78, 5) is 18.6. The average Bonchev–Trinajstić information content (AvgIpc) is 3.97. The third-order valence-electron chi connectivity index (χ3n) is 10.2. The minimum atomic E-state index is 1.11. The van der Waals surface area contributed by atoms with Crippen molar-refractivity contribution in [3.8, 4) is 45.0 Å². The molecule has 5 nitrogen and oxygen atoms in total. The van der Waals surface area contributed by atoms with Crippen LogP contribution in [0.25, 0.3) is 110 Å². The van der Waals surface area contributed by atoms with Crippen LogP contribution < -0.4 is 0 Å². The number of nitrogens with one attached hydrogen (secondary N) is 5. The number of benzene rings is 6. The smallest absolute Gasteiger partial charge is 0.0559 e. The van der Waals surface area contributed by atoms with Gasteiger partial charge in [0.25, 0.3) is 0 Å². The van der Waals surface area contributed by atoms with E-state index in [-0.39, 0.29) is 0 Å². The number of fused-ring (bicyclic) bond motifs is 7. The molecule has 0 bridgehead atoms. The number of H-pyrrole nitrogens is 5. The van der Waals surface area contributed by atoms with Crippen LogP contribution in [0, 0.1) is 0 Å². The number of hydrogen-bond acceptors (Lipinski definition) is 0. The van der Waals surface area contributed by atoms with Gasteiger partial charge >= 0.3 is 0 Å². The first-order valence-corrected chi connectivity index (χ1v) is 16.7. The van der Waals surface area contributed by atoms with E-state index in [0.717, 1.165) is 67.0 Å². The monoisotopic (exact) mass is 627 g/mol. The van der Waals surface area contributed by atoms with Crippen LogP contribution in [-0.4, -0.2) is 24.9 Å². The Morgan fingerprint density at radius 3 is 1.16 bits per heavy atom. The molecule has 0 spiro atoms. The first-order chi connectivity index (χ1) is 24.2. The molecule has 11 rings (SSSR count). The highest BCUT2D eigenvalue weighted by Crippen LogP contribution is 2.43. The Kier molecular flexibility index (Phi) is 5.32. The van der Waals surface area contributed by atoms with Gasteiger partial charge in [0.2, 0.25) is 0 Å². The molecule has 11 aromatic rings. The first-order valence-electron chi connectivity index (χ1n) is 16.7. The molecule has 6 aromatic carbocycles. The van der Waals surface area contributed by atoms with Gasteiger partial charge in [0.1, 0.15) is 0 Å². The number of para-hydroxylation sites is 4. The molecule has 0 aliphatic heterocycles. The lowest BCUT2D eigenvalue weighted by Gasteiger charge is -2.06. The van der Waals surface area contributed by atoms with E-state index in [0.29, 0.717) is 0 Å². The van der Waals surface area contributed by atoms with Gasteiger partial charge in [-0.05, 0) is 71.8 Å². The standard InChI is InChI=1S/C44H29N5/c1-5-13-33-25(9-1)23-39(45-33)41-29-11-3-7-15-35(29)48-43(41)27-17-19-37-31(21-27)32-22-28(18-20-38(32)47-37)44-42(30-12-4-8-16-36(30)49-44)40-24-26-10-2-6-14-34(26)46-40/h1-24,45-49H. The molecule has 5 aromatic heterocycles. The summed E-state index contributed by atoms with van der Waals surface area (Å²) >= 11 is 0. The summed E-state index contributed by atoms with van der Waals surface area (Å²) in [6.07, 6.45) is 0. The van der Waals surface area contributed by atoms with Gasteiger partial charge in [0.05, 0.1) is 11.4 Å². The van der Waals surface area contributed by atoms with Crippen LogP contribution in [0.2, 0.25) is 0 Å². The molecule has 0 saturated carbocycles. The van der Waals surface area contributed by atoms with E-state index in [1.54, 1.807) is 0 Å².